The van der Waals surface area contributed by atoms with Gasteiger partial charge < -0.3 is 9.26 Å². The monoisotopic (exact) mass is 194 g/mol. The van der Waals surface area contributed by atoms with Gasteiger partial charge in [0.15, 0.2) is 0 Å². The minimum atomic E-state index is -0.439. The molecule has 0 aliphatic rings. The van der Waals surface area contributed by atoms with Gasteiger partial charge in [0.2, 0.25) is 12.2 Å². The highest BCUT2D eigenvalue weighted by atomic mass is 19.1. The fourth-order valence-corrected chi connectivity index (χ4v) is 1.09. The van der Waals surface area contributed by atoms with Crippen LogP contribution in [0.5, 0.6) is 5.75 Å². The van der Waals surface area contributed by atoms with Crippen LogP contribution in [-0.2, 0) is 0 Å². The Morgan fingerprint density at radius 3 is 2.86 bits per heavy atom. The van der Waals surface area contributed by atoms with Gasteiger partial charge in [-0.1, -0.05) is 5.16 Å². The maximum atomic E-state index is 13.4. The molecule has 1 aromatic heterocycles. The van der Waals surface area contributed by atoms with Gasteiger partial charge in [-0.05, 0) is 12.1 Å². The molecular weight excluding hydrogens is 187 g/mol. The Morgan fingerprint density at radius 1 is 1.43 bits per heavy atom. The lowest BCUT2D eigenvalue weighted by Gasteiger charge is -2.01. The molecule has 2 rings (SSSR count). The Labute approximate surface area is 79.3 Å². The lowest BCUT2D eigenvalue weighted by Crippen LogP contribution is -1.89. The molecule has 0 bridgehead atoms. The molecule has 5 heteroatoms. The van der Waals surface area contributed by atoms with Gasteiger partial charge in [0.25, 0.3) is 0 Å². The molecule has 0 amide bonds. The first-order valence-electron chi connectivity index (χ1n) is 3.91. The maximum absolute atomic E-state index is 13.4. The van der Waals surface area contributed by atoms with E-state index in [1.807, 2.05) is 0 Å². The molecule has 0 aliphatic carbocycles. The van der Waals surface area contributed by atoms with Crippen LogP contribution < -0.4 is 4.74 Å². The summed E-state index contributed by atoms with van der Waals surface area (Å²) >= 11 is 0. The molecule has 0 saturated carbocycles. The van der Waals surface area contributed by atoms with Crippen molar-refractivity contribution in [2.45, 2.75) is 0 Å². The van der Waals surface area contributed by atoms with Crippen molar-refractivity contribution in [3.63, 3.8) is 0 Å². The van der Waals surface area contributed by atoms with E-state index in [1.165, 1.54) is 13.2 Å². The van der Waals surface area contributed by atoms with Gasteiger partial charge in [-0.3, -0.25) is 0 Å². The molecule has 1 heterocycles. The third-order valence-corrected chi connectivity index (χ3v) is 1.78. The highest BCUT2D eigenvalue weighted by molar-refractivity contribution is 5.56. The van der Waals surface area contributed by atoms with Crippen molar-refractivity contribution >= 4 is 0 Å². The standard InChI is InChI=1S/C9H7FN2O2/c1-13-6-2-3-7(8(10)4-6)9-11-5-14-12-9/h2-5H,1H3. The molecule has 2 aromatic rings. The topological polar surface area (TPSA) is 48.2 Å². The second-order valence-corrected chi connectivity index (χ2v) is 2.60. The first-order valence-corrected chi connectivity index (χ1v) is 3.91. The van der Waals surface area contributed by atoms with Crippen LogP contribution in [0.2, 0.25) is 0 Å². The Bertz CT molecular complexity index is 428. The van der Waals surface area contributed by atoms with Crippen molar-refractivity contribution in [3.05, 3.63) is 30.4 Å². The van der Waals surface area contributed by atoms with E-state index in [0.29, 0.717) is 11.3 Å². The van der Waals surface area contributed by atoms with E-state index in [0.717, 1.165) is 6.39 Å². The fourth-order valence-electron chi connectivity index (χ4n) is 1.09. The molecule has 0 N–H and O–H groups in total. The van der Waals surface area contributed by atoms with Crippen LogP contribution in [-0.4, -0.2) is 17.3 Å². The van der Waals surface area contributed by atoms with E-state index in [4.69, 9.17) is 4.74 Å². The van der Waals surface area contributed by atoms with Gasteiger partial charge in [0.1, 0.15) is 11.6 Å². The molecule has 0 radical (unpaired) electrons. The Kier molecular flexibility index (Phi) is 2.14. The zero-order valence-electron chi connectivity index (χ0n) is 7.40. The first-order chi connectivity index (χ1) is 6.81. The van der Waals surface area contributed by atoms with Gasteiger partial charge in [-0.15, -0.1) is 0 Å². The largest absolute Gasteiger partial charge is 0.497 e. The highest BCUT2D eigenvalue weighted by Gasteiger charge is 2.09. The average Bonchev–Trinajstić information content (AvgIpc) is 2.70. The van der Waals surface area contributed by atoms with Crippen molar-refractivity contribution in [3.8, 4) is 17.1 Å². The lowest BCUT2D eigenvalue weighted by atomic mass is 10.2. The Morgan fingerprint density at radius 2 is 2.29 bits per heavy atom. The van der Waals surface area contributed by atoms with Crippen molar-refractivity contribution in [2.24, 2.45) is 0 Å². The normalized spacial score (nSPS) is 10.1. The quantitative estimate of drug-likeness (QED) is 0.732. The van der Waals surface area contributed by atoms with E-state index >= 15 is 0 Å². The van der Waals surface area contributed by atoms with Crippen molar-refractivity contribution in [2.75, 3.05) is 7.11 Å². The minimum absolute atomic E-state index is 0.227. The van der Waals surface area contributed by atoms with Crippen LogP contribution in [0.1, 0.15) is 0 Å². The molecule has 0 fully saturated rings. The molecule has 0 atom stereocenters. The Balaban J connectivity index is 2.46. The molecule has 0 saturated heterocycles. The molecular formula is C9H7FN2O2. The summed E-state index contributed by atoms with van der Waals surface area (Å²) in [6, 6.07) is 4.44. The number of rotatable bonds is 2. The third kappa shape index (κ3) is 1.44. The molecule has 0 unspecified atom stereocenters. The summed E-state index contributed by atoms with van der Waals surface area (Å²) in [7, 11) is 1.47. The first kappa shape index (κ1) is 8.68. The highest BCUT2D eigenvalue weighted by Crippen LogP contribution is 2.22. The van der Waals surface area contributed by atoms with E-state index in [1.54, 1.807) is 12.1 Å². The van der Waals surface area contributed by atoms with Crippen molar-refractivity contribution < 1.29 is 13.7 Å². The maximum Gasteiger partial charge on any atom is 0.214 e. The average molecular weight is 194 g/mol. The van der Waals surface area contributed by atoms with Crippen LogP contribution >= 0.6 is 0 Å². The summed E-state index contributed by atoms with van der Waals surface area (Å²) in [5.74, 6) is 0.241. The number of halogens is 1. The second kappa shape index (κ2) is 3.45. The van der Waals surface area contributed by atoms with Gasteiger partial charge in [0, 0.05) is 6.07 Å². The van der Waals surface area contributed by atoms with Crippen LogP contribution in [0, 0.1) is 5.82 Å². The van der Waals surface area contributed by atoms with Crippen molar-refractivity contribution in [1.82, 2.24) is 10.1 Å². The summed E-state index contributed by atoms with van der Waals surface area (Å²) in [4.78, 5) is 3.74. The molecule has 0 aliphatic heterocycles. The number of aromatic nitrogens is 2. The number of hydrogen-bond acceptors (Lipinski definition) is 4. The molecule has 14 heavy (non-hydrogen) atoms. The summed E-state index contributed by atoms with van der Waals surface area (Å²) in [5.41, 5.74) is 0.291. The van der Waals surface area contributed by atoms with E-state index in [2.05, 4.69) is 14.7 Å². The molecule has 72 valence electrons. The van der Waals surface area contributed by atoms with Gasteiger partial charge in [-0.2, -0.15) is 4.98 Å². The van der Waals surface area contributed by atoms with Crippen LogP contribution in [0.25, 0.3) is 11.4 Å². The minimum Gasteiger partial charge on any atom is -0.497 e. The van der Waals surface area contributed by atoms with E-state index in [-0.39, 0.29) is 5.82 Å². The summed E-state index contributed by atoms with van der Waals surface area (Å²) in [6.07, 6.45) is 1.15. The van der Waals surface area contributed by atoms with E-state index < -0.39 is 5.82 Å². The van der Waals surface area contributed by atoms with Crippen LogP contribution in [0.3, 0.4) is 0 Å². The molecule has 4 nitrogen and oxygen atoms in total. The van der Waals surface area contributed by atoms with Crippen molar-refractivity contribution in [1.29, 1.82) is 0 Å². The zero-order valence-corrected chi connectivity index (χ0v) is 7.40. The van der Waals surface area contributed by atoms with Gasteiger partial charge in [0.05, 0.1) is 12.7 Å². The number of benzene rings is 1. The summed E-state index contributed by atoms with van der Waals surface area (Å²) in [5, 5.41) is 3.54. The summed E-state index contributed by atoms with van der Waals surface area (Å²) in [6.45, 7) is 0. The fraction of sp³-hybridized carbons (Fsp3) is 0.111. The zero-order chi connectivity index (χ0) is 9.97. The molecule has 1 aromatic carbocycles. The van der Waals surface area contributed by atoms with Gasteiger partial charge in [-0.25, -0.2) is 4.39 Å². The number of ether oxygens (including phenoxy) is 1. The van der Waals surface area contributed by atoms with E-state index in [9.17, 15) is 4.39 Å². The number of nitrogens with zero attached hydrogens (tertiary/aromatic N) is 2. The second-order valence-electron chi connectivity index (χ2n) is 2.60. The number of hydrogen-bond donors (Lipinski definition) is 0. The number of methoxy groups -OCH3 is 1. The van der Waals surface area contributed by atoms with Crippen LogP contribution in [0.15, 0.2) is 29.1 Å². The smallest absolute Gasteiger partial charge is 0.214 e. The Hall–Kier alpha value is -1.91. The lowest BCUT2D eigenvalue weighted by molar-refractivity contribution is 0.410. The predicted molar refractivity (Wildman–Crippen MR) is 46.2 cm³/mol. The predicted octanol–water partition coefficient (Wildman–Crippen LogP) is 1.88. The van der Waals surface area contributed by atoms with Gasteiger partial charge >= 0.3 is 0 Å². The van der Waals surface area contributed by atoms with Crippen LogP contribution in [0.4, 0.5) is 4.39 Å². The summed E-state index contributed by atoms with van der Waals surface area (Å²) < 4.78 is 22.8. The SMILES string of the molecule is COc1ccc(-c2ncon2)c(F)c1. The molecule has 0 spiro atoms. The third-order valence-electron chi connectivity index (χ3n) is 1.78.